The van der Waals surface area contributed by atoms with Crippen LogP contribution in [-0.4, -0.2) is 24.8 Å². The molecule has 1 aromatic rings. The molecule has 0 radical (unpaired) electrons. The molecule has 1 aliphatic rings. The van der Waals surface area contributed by atoms with E-state index in [1.54, 1.807) is 0 Å². The molecule has 2 atom stereocenters. The molecule has 0 bridgehead atoms. The highest BCUT2D eigenvalue weighted by Crippen LogP contribution is 2.30. The molecule has 19 heavy (non-hydrogen) atoms. The van der Waals surface area contributed by atoms with Gasteiger partial charge in [0, 0.05) is 16.2 Å². The lowest BCUT2D eigenvalue weighted by atomic mass is 9.88. The fourth-order valence-corrected chi connectivity index (χ4v) is 3.11. The molecule has 1 aromatic carbocycles. The molecule has 2 unspecified atom stereocenters. The average Bonchev–Trinajstić information content (AvgIpc) is 2.85. The monoisotopic (exact) mass is 373 g/mol. The van der Waals surface area contributed by atoms with Gasteiger partial charge in [0.15, 0.2) is 0 Å². The van der Waals surface area contributed by atoms with Crippen LogP contribution in [0.5, 0.6) is 0 Å². The van der Waals surface area contributed by atoms with Crippen molar-refractivity contribution in [3.8, 4) is 0 Å². The van der Waals surface area contributed by atoms with E-state index in [0.717, 1.165) is 19.6 Å². The van der Waals surface area contributed by atoms with E-state index >= 15 is 0 Å². The molecule has 0 amide bonds. The largest absolute Gasteiger partial charge is 0.374 e. The molecular formula is C16H24INO. The highest BCUT2D eigenvalue weighted by atomic mass is 127. The molecule has 0 aromatic heterocycles. The number of hydrogen-bond donors (Lipinski definition) is 1. The zero-order valence-electron chi connectivity index (χ0n) is 11.9. The smallest absolute Gasteiger partial charge is 0.0810 e. The standard InChI is InChI=1S/C16H24INO/c1-3-10-18-15(16(2)9-4-11-19-16)12-13-5-7-14(17)8-6-13/h5-8,15,18H,3-4,9-12H2,1-2H3. The molecule has 0 saturated carbocycles. The Bertz CT molecular complexity index is 384. The summed E-state index contributed by atoms with van der Waals surface area (Å²) in [7, 11) is 0. The highest BCUT2D eigenvalue weighted by molar-refractivity contribution is 14.1. The molecule has 1 heterocycles. The Morgan fingerprint density at radius 2 is 2.11 bits per heavy atom. The highest BCUT2D eigenvalue weighted by Gasteiger charge is 2.37. The van der Waals surface area contributed by atoms with Crippen LogP contribution in [0.4, 0.5) is 0 Å². The first-order chi connectivity index (χ1) is 9.14. The number of benzene rings is 1. The third kappa shape index (κ3) is 4.17. The molecular weight excluding hydrogens is 349 g/mol. The van der Waals surface area contributed by atoms with Gasteiger partial charge in [-0.05, 0) is 79.4 Å². The van der Waals surface area contributed by atoms with Crippen molar-refractivity contribution in [3.63, 3.8) is 0 Å². The Balaban J connectivity index is 2.06. The van der Waals surface area contributed by atoms with Crippen LogP contribution in [0.15, 0.2) is 24.3 Å². The summed E-state index contributed by atoms with van der Waals surface area (Å²) >= 11 is 2.35. The van der Waals surface area contributed by atoms with Crippen molar-refractivity contribution in [2.45, 2.75) is 51.2 Å². The van der Waals surface area contributed by atoms with Crippen LogP contribution < -0.4 is 5.32 Å². The number of rotatable bonds is 6. The molecule has 0 aliphatic carbocycles. The van der Waals surface area contributed by atoms with Crippen LogP contribution in [-0.2, 0) is 11.2 Å². The van der Waals surface area contributed by atoms with Gasteiger partial charge in [0.2, 0.25) is 0 Å². The summed E-state index contributed by atoms with van der Waals surface area (Å²) in [5, 5.41) is 3.69. The topological polar surface area (TPSA) is 21.3 Å². The Kier molecular flexibility index (Phi) is 5.66. The average molecular weight is 373 g/mol. The fourth-order valence-electron chi connectivity index (χ4n) is 2.75. The quantitative estimate of drug-likeness (QED) is 0.767. The van der Waals surface area contributed by atoms with Crippen molar-refractivity contribution in [3.05, 3.63) is 33.4 Å². The van der Waals surface area contributed by atoms with Crippen molar-refractivity contribution in [1.82, 2.24) is 5.32 Å². The van der Waals surface area contributed by atoms with Gasteiger partial charge in [-0.15, -0.1) is 0 Å². The Morgan fingerprint density at radius 1 is 1.37 bits per heavy atom. The van der Waals surface area contributed by atoms with Gasteiger partial charge in [-0.25, -0.2) is 0 Å². The van der Waals surface area contributed by atoms with E-state index < -0.39 is 0 Å². The minimum absolute atomic E-state index is 0.00182. The molecule has 3 heteroatoms. The number of halogens is 1. The van der Waals surface area contributed by atoms with Crippen LogP contribution >= 0.6 is 22.6 Å². The number of nitrogens with one attached hydrogen (secondary N) is 1. The Labute approximate surface area is 130 Å². The summed E-state index contributed by atoms with van der Waals surface area (Å²) in [6.45, 7) is 6.45. The van der Waals surface area contributed by atoms with Gasteiger partial charge in [-0.3, -0.25) is 0 Å². The van der Waals surface area contributed by atoms with E-state index in [1.807, 2.05) is 0 Å². The van der Waals surface area contributed by atoms with E-state index in [2.05, 4.69) is 66.0 Å². The van der Waals surface area contributed by atoms with E-state index in [9.17, 15) is 0 Å². The maximum Gasteiger partial charge on any atom is 0.0810 e. The molecule has 1 saturated heterocycles. The van der Waals surface area contributed by atoms with E-state index in [-0.39, 0.29) is 5.60 Å². The van der Waals surface area contributed by atoms with Crippen molar-refractivity contribution < 1.29 is 4.74 Å². The molecule has 2 rings (SSSR count). The Hall–Kier alpha value is -0.130. The SMILES string of the molecule is CCCNC(Cc1ccc(I)cc1)C1(C)CCCO1. The lowest BCUT2D eigenvalue weighted by Crippen LogP contribution is -2.50. The van der Waals surface area contributed by atoms with Crippen LogP contribution in [0.1, 0.15) is 38.7 Å². The third-order valence-electron chi connectivity index (χ3n) is 3.98. The van der Waals surface area contributed by atoms with Crippen LogP contribution in [0.2, 0.25) is 0 Å². The van der Waals surface area contributed by atoms with Gasteiger partial charge >= 0.3 is 0 Å². The Morgan fingerprint density at radius 3 is 2.68 bits per heavy atom. The summed E-state index contributed by atoms with van der Waals surface area (Å²) in [5.74, 6) is 0. The van der Waals surface area contributed by atoms with E-state index in [0.29, 0.717) is 6.04 Å². The second-order valence-corrected chi connectivity index (χ2v) is 6.85. The van der Waals surface area contributed by atoms with Crippen molar-refractivity contribution >= 4 is 22.6 Å². The molecule has 1 N–H and O–H groups in total. The second kappa shape index (κ2) is 7.04. The van der Waals surface area contributed by atoms with Crippen LogP contribution in [0, 0.1) is 3.57 Å². The van der Waals surface area contributed by atoms with Gasteiger partial charge in [-0.1, -0.05) is 19.1 Å². The van der Waals surface area contributed by atoms with Gasteiger partial charge < -0.3 is 10.1 Å². The summed E-state index contributed by atoms with van der Waals surface area (Å²) in [4.78, 5) is 0. The predicted molar refractivity (Wildman–Crippen MR) is 88.5 cm³/mol. The van der Waals surface area contributed by atoms with Crippen molar-refractivity contribution in [1.29, 1.82) is 0 Å². The molecule has 0 spiro atoms. The number of hydrogen-bond acceptors (Lipinski definition) is 2. The fraction of sp³-hybridized carbons (Fsp3) is 0.625. The van der Waals surface area contributed by atoms with Gasteiger partial charge in [-0.2, -0.15) is 0 Å². The summed E-state index contributed by atoms with van der Waals surface area (Å²) in [6.07, 6.45) is 4.57. The number of ether oxygens (including phenoxy) is 1. The maximum atomic E-state index is 6.03. The van der Waals surface area contributed by atoms with Crippen molar-refractivity contribution in [2.75, 3.05) is 13.2 Å². The van der Waals surface area contributed by atoms with Crippen LogP contribution in [0.25, 0.3) is 0 Å². The van der Waals surface area contributed by atoms with E-state index in [4.69, 9.17) is 4.74 Å². The lowest BCUT2D eigenvalue weighted by molar-refractivity contribution is -0.0114. The minimum Gasteiger partial charge on any atom is -0.374 e. The molecule has 106 valence electrons. The lowest BCUT2D eigenvalue weighted by Gasteiger charge is -2.34. The first kappa shape index (κ1) is 15.3. The third-order valence-corrected chi connectivity index (χ3v) is 4.70. The molecule has 1 fully saturated rings. The normalized spacial score (nSPS) is 24.6. The van der Waals surface area contributed by atoms with Crippen LogP contribution in [0.3, 0.4) is 0 Å². The minimum atomic E-state index is -0.00182. The van der Waals surface area contributed by atoms with Gasteiger partial charge in [0.05, 0.1) is 5.60 Å². The molecule has 1 aliphatic heterocycles. The predicted octanol–water partition coefficient (Wildman–Crippen LogP) is 3.77. The van der Waals surface area contributed by atoms with Gasteiger partial charge in [0.25, 0.3) is 0 Å². The summed E-state index contributed by atoms with van der Waals surface area (Å²) in [6, 6.07) is 9.26. The zero-order valence-corrected chi connectivity index (χ0v) is 14.1. The first-order valence-corrected chi connectivity index (χ1v) is 8.34. The van der Waals surface area contributed by atoms with E-state index in [1.165, 1.54) is 28.4 Å². The maximum absolute atomic E-state index is 6.03. The first-order valence-electron chi connectivity index (χ1n) is 7.26. The summed E-state index contributed by atoms with van der Waals surface area (Å²) in [5.41, 5.74) is 1.39. The van der Waals surface area contributed by atoms with Gasteiger partial charge in [0.1, 0.15) is 0 Å². The van der Waals surface area contributed by atoms with Crippen molar-refractivity contribution in [2.24, 2.45) is 0 Å². The zero-order chi connectivity index (χ0) is 13.7. The summed E-state index contributed by atoms with van der Waals surface area (Å²) < 4.78 is 7.33. The second-order valence-electron chi connectivity index (χ2n) is 5.60. The molecule has 2 nitrogen and oxygen atoms in total.